The Morgan fingerprint density at radius 1 is 1.43 bits per heavy atom. The van der Waals surface area contributed by atoms with Crippen molar-refractivity contribution in [3.8, 4) is 0 Å². The number of fused-ring (bicyclic) bond motifs is 1. The average molecular weight is 194 g/mol. The average Bonchev–Trinajstić information content (AvgIpc) is 2.60. The number of likely N-dealkylation sites (tertiary alicyclic amines) is 1. The van der Waals surface area contributed by atoms with E-state index in [-0.39, 0.29) is 0 Å². The van der Waals surface area contributed by atoms with Gasteiger partial charge in [-0.05, 0) is 31.1 Å². The van der Waals surface area contributed by atoms with Gasteiger partial charge in [-0.1, -0.05) is 13.3 Å². The zero-order chi connectivity index (χ0) is 10.1. The first kappa shape index (κ1) is 10.0. The summed E-state index contributed by atoms with van der Waals surface area (Å²) in [5, 5.41) is 0. The summed E-state index contributed by atoms with van der Waals surface area (Å²) in [5.41, 5.74) is 0. The maximum Gasteiger partial charge on any atom is 0.102 e. The van der Waals surface area contributed by atoms with Crippen LogP contribution in [0.2, 0.25) is 0 Å². The van der Waals surface area contributed by atoms with Gasteiger partial charge < -0.3 is 4.90 Å². The van der Waals surface area contributed by atoms with Gasteiger partial charge in [0.05, 0.1) is 0 Å². The molecule has 80 valence electrons. The number of amidine groups is 1. The van der Waals surface area contributed by atoms with Gasteiger partial charge in [0.1, 0.15) is 5.84 Å². The number of piperidine rings is 1. The summed E-state index contributed by atoms with van der Waals surface area (Å²) in [4.78, 5) is 6.84. The molecule has 14 heavy (non-hydrogen) atoms. The highest BCUT2D eigenvalue weighted by Crippen LogP contribution is 2.43. The predicted molar refractivity (Wildman–Crippen MR) is 60.6 cm³/mol. The van der Waals surface area contributed by atoms with E-state index in [0.717, 1.165) is 17.8 Å². The van der Waals surface area contributed by atoms with Crippen LogP contribution in [0.1, 0.15) is 32.6 Å². The zero-order valence-corrected chi connectivity index (χ0v) is 9.66. The molecule has 2 aliphatic rings. The first-order valence-electron chi connectivity index (χ1n) is 5.94. The molecule has 0 amide bonds. The highest BCUT2D eigenvalue weighted by atomic mass is 15.2. The Labute approximate surface area is 87.4 Å². The van der Waals surface area contributed by atoms with Crippen molar-refractivity contribution in [3.63, 3.8) is 0 Å². The van der Waals surface area contributed by atoms with E-state index in [1.807, 2.05) is 7.05 Å². The van der Waals surface area contributed by atoms with E-state index in [1.165, 1.54) is 38.1 Å². The summed E-state index contributed by atoms with van der Waals surface area (Å²) in [6.07, 6.45) is 5.58. The van der Waals surface area contributed by atoms with E-state index in [9.17, 15) is 0 Å². The topological polar surface area (TPSA) is 15.6 Å². The van der Waals surface area contributed by atoms with Crippen molar-refractivity contribution in [2.45, 2.75) is 32.6 Å². The van der Waals surface area contributed by atoms with E-state index >= 15 is 0 Å². The van der Waals surface area contributed by atoms with E-state index in [1.54, 1.807) is 0 Å². The normalized spacial score (nSPS) is 40.4. The van der Waals surface area contributed by atoms with Gasteiger partial charge in [0, 0.05) is 26.6 Å². The molecule has 0 bridgehead atoms. The number of aliphatic imine (C=N–C) groups is 1. The van der Waals surface area contributed by atoms with Crippen LogP contribution in [0.15, 0.2) is 4.99 Å². The molecule has 1 saturated heterocycles. The van der Waals surface area contributed by atoms with Gasteiger partial charge in [-0.15, -0.1) is 0 Å². The smallest absolute Gasteiger partial charge is 0.102 e. The molecular formula is C12H22N2. The van der Waals surface area contributed by atoms with Crippen LogP contribution in [0, 0.1) is 17.8 Å². The summed E-state index contributed by atoms with van der Waals surface area (Å²) in [7, 11) is 4.14. The van der Waals surface area contributed by atoms with Crippen molar-refractivity contribution in [1.29, 1.82) is 0 Å². The van der Waals surface area contributed by atoms with Crippen LogP contribution in [0.25, 0.3) is 0 Å². The molecule has 0 radical (unpaired) electrons. The summed E-state index contributed by atoms with van der Waals surface area (Å²) in [6, 6.07) is 0. The fraction of sp³-hybridized carbons (Fsp3) is 0.917. The number of hydrogen-bond acceptors (Lipinski definition) is 1. The molecule has 1 heterocycles. The van der Waals surface area contributed by atoms with E-state index in [4.69, 9.17) is 0 Å². The van der Waals surface area contributed by atoms with Gasteiger partial charge in [-0.2, -0.15) is 0 Å². The molecule has 2 heteroatoms. The molecule has 0 spiro atoms. The largest absolute Gasteiger partial charge is 0.363 e. The minimum absolute atomic E-state index is 0.781. The van der Waals surface area contributed by atoms with Gasteiger partial charge >= 0.3 is 0 Å². The SMILES string of the molecule is CCC1CC2CCN(C)/C(=N/C)C2C1. The van der Waals surface area contributed by atoms with Gasteiger partial charge in [-0.3, -0.25) is 4.99 Å². The molecule has 2 fully saturated rings. The molecule has 3 atom stereocenters. The van der Waals surface area contributed by atoms with Crippen molar-refractivity contribution >= 4 is 5.84 Å². The van der Waals surface area contributed by atoms with Crippen molar-refractivity contribution < 1.29 is 0 Å². The fourth-order valence-corrected chi connectivity index (χ4v) is 3.30. The Morgan fingerprint density at radius 2 is 2.21 bits per heavy atom. The summed E-state index contributed by atoms with van der Waals surface area (Å²) < 4.78 is 0. The second kappa shape index (κ2) is 3.92. The maximum absolute atomic E-state index is 4.48. The molecule has 1 aliphatic heterocycles. The molecule has 1 saturated carbocycles. The highest BCUT2D eigenvalue weighted by molar-refractivity contribution is 5.85. The second-order valence-electron chi connectivity index (χ2n) is 4.90. The van der Waals surface area contributed by atoms with Crippen LogP contribution < -0.4 is 0 Å². The first-order chi connectivity index (χ1) is 6.76. The van der Waals surface area contributed by atoms with Crippen LogP contribution in [0.5, 0.6) is 0 Å². The van der Waals surface area contributed by atoms with Crippen molar-refractivity contribution in [1.82, 2.24) is 4.90 Å². The molecule has 0 aromatic carbocycles. The lowest BCUT2D eigenvalue weighted by atomic mass is 9.88. The standard InChI is InChI=1S/C12H22N2/c1-4-9-7-10-5-6-14(3)12(13-2)11(10)8-9/h9-11H,4-8H2,1-3H3/b13-12+. The molecule has 0 aromatic heterocycles. The number of hydrogen-bond donors (Lipinski definition) is 0. The lowest BCUT2D eigenvalue weighted by Crippen LogP contribution is -2.41. The lowest BCUT2D eigenvalue weighted by Gasteiger charge is -2.35. The van der Waals surface area contributed by atoms with Gasteiger partial charge in [0.25, 0.3) is 0 Å². The van der Waals surface area contributed by atoms with E-state index in [0.29, 0.717) is 0 Å². The van der Waals surface area contributed by atoms with E-state index < -0.39 is 0 Å². The monoisotopic (exact) mass is 194 g/mol. The molecule has 0 N–H and O–H groups in total. The first-order valence-corrected chi connectivity index (χ1v) is 5.94. The molecular weight excluding hydrogens is 172 g/mol. The molecule has 0 aromatic rings. The van der Waals surface area contributed by atoms with Crippen molar-refractivity contribution in [2.24, 2.45) is 22.7 Å². The molecule has 2 rings (SSSR count). The number of rotatable bonds is 1. The third kappa shape index (κ3) is 1.55. The lowest BCUT2D eigenvalue weighted by molar-refractivity contribution is 0.307. The summed E-state index contributed by atoms with van der Waals surface area (Å²) in [5.74, 6) is 4.06. The minimum Gasteiger partial charge on any atom is -0.363 e. The molecule has 2 nitrogen and oxygen atoms in total. The van der Waals surface area contributed by atoms with Crippen molar-refractivity contribution in [3.05, 3.63) is 0 Å². The maximum atomic E-state index is 4.48. The fourth-order valence-electron chi connectivity index (χ4n) is 3.30. The number of nitrogens with zero attached hydrogens (tertiary/aromatic N) is 2. The summed E-state index contributed by atoms with van der Waals surface area (Å²) in [6.45, 7) is 3.54. The van der Waals surface area contributed by atoms with Gasteiger partial charge in [0.2, 0.25) is 0 Å². The van der Waals surface area contributed by atoms with Gasteiger partial charge in [0.15, 0.2) is 0 Å². The second-order valence-corrected chi connectivity index (χ2v) is 4.90. The Kier molecular flexibility index (Phi) is 2.80. The van der Waals surface area contributed by atoms with Crippen LogP contribution in [0.3, 0.4) is 0 Å². The Bertz CT molecular complexity index is 234. The minimum atomic E-state index is 0.781. The summed E-state index contributed by atoms with van der Waals surface area (Å²) >= 11 is 0. The van der Waals surface area contributed by atoms with Crippen LogP contribution in [-0.4, -0.2) is 31.4 Å². The van der Waals surface area contributed by atoms with Crippen molar-refractivity contribution in [2.75, 3.05) is 20.6 Å². The zero-order valence-electron chi connectivity index (χ0n) is 9.66. The Morgan fingerprint density at radius 3 is 2.86 bits per heavy atom. The van der Waals surface area contributed by atoms with Crippen LogP contribution >= 0.6 is 0 Å². The molecule has 1 aliphatic carbocycles. The van der Waals surface area contributed by atoms with Crippen LogP contribution in [0.4, 0.5) is 0 Å². The quantitative estimate of drug-likeness (QED) is 0.626. The molecule has 3 unspecified atom stereocenters. The third-order valence-electron chi connectivity index (χ3n) is 4.16. The third-order valence-corrected chi connectivity index (χ3v) is 4.16. The Hall–Kier alpha value is -0.530. The predicted octanol–water partition coefficient (Wildman–Crippen LogP) is 2.40. The van der Waals surface area contributed by atoms with Crippen LogP contribution in [-0.2, 0) is 0 Å². The van der Waals surface area contributed by atoms with Gasteiger partial charge in [-0.25, -0.2) is 0 Å². The Balaban J connectivity index is 2.12. The highest BCUT2D eigenvalue weighted by Gasteiger charge is 2.40. The van der Waals surface area contributed by atoms with E-state index in [2.05, 4.69) is 23.9 Å².